The molecule has 0 saturated carbocycles. The summed E-state index contributed by atoms with van der Waals surface area (Å²) in [5.41, 5.74) is 3.72. The Balaban J connectivity index is 1.85. The summed E-state index contributed by atoms with van der Waals surface area (Å²) in [6, 6.07) is 14.3. The Morgan fingerprint density at radius 3 is 2.92 bits per heavy atom. The van der Waals surface area contributed by atoms with Gasteiger partial charge in [-0.05, 0) is 49.2 Å². The Labute approximate surface area is 148 Å². The zero-order valence-electron chi connectivity index (χ0n) is 14.8. The summed E-state index contributed by atoms with van der Waals surface area (Å²) in [7, 11) is 3.62. The number of amides is 1. The third-order valence-corrected chi connectivity index (χ3v) is 5.02. The van der Waals surface area contributed by atoms with E-state index in [0.29, 0.717) is 17.3 Å². The van der Waals surface area contributed by atoms with Crippen LogP contribution in [0.15, 0.2) is 36.4 Å². The van der Waals surface area contributed by atoms with E-state index < -0.39 is 0 Å². The van der Waals surface area contributed by atoms with Gasteiger partial charge < -0.3 is 9.88 Å². The van der Waals surface area contributed by atoms with Crippen molar-refractivity contribution in [3.05, 3.63) is 58.9 Å². The summed E-state index contributed by atoms with van der Waals surface area (Å²) in [5, 5.41) is 11.8. The fourth-order valence-electron chi connectivity index (χ4n) is 3.71. The van der Waals surface area contributed by atoms with Crippen LogP contribution in [0.1, 0.15) is 52.6 Å². The summed E-state index contributed by atoms with van der Waals surface area (Å²) in [5.74, 6) is -0.0576. The van der Waals surface area contributed by atoms with Gasteiger partial charge in [0, 0.05) is 26.3 Å². The second-order valence-corrected chi connectivity index (χ2v) is 6.58. The van der Waals surface area contributed by atoms with Gasteiger partial charge in [-0.1, -0.05) is 18.6 Å². The van der Waals surface area contributed by atoms with Gasteiger partial charge in [0.2, 0.25) is 0 Å². The maximum atomic E-state index is 12.0. The van der Waals surface area contributed by atoms with Crippen LogP contribution < -0.4 is 5.32 Å². The number of nitrogens with zero attached hydrogens (tertiary/aromatic N) is 3. The van der Waals surface area contributed by atoms with Crippen molar-refractivity contribution in [2.75, 3.05) is 13.6 Å². The topological polar surface area (TPSA) is 61.1 Å². The van der Waals surface area contributed by atoms with Crippen molar-refractivity contribution in [2.24, 2.45) is 7.05 Å². The predicted molar refractivity (Wildman–Crippen MR) is 97.0 cm³/mol. The van der Waals surface area contributed by atoms with E-state index in [0.717, 1.165) is 25.1 Å². The number of carbonyl (C=O) groups is 1. The second-order valence-electron chi connectivity index (χ2n) is 6.58. The number of benzene rings is 1. The molecule has 2 aromatic rings. The highest BCUT2D eigenvalue weighted by molar-refractivity contribution is 5.92. The molecule has 2 heterocycles. The fraction of sp³-hybridized carbons (Fsp3) is 0.400. The molecule has 5 heteroatoms. The zero-order chi connectivity index (χ0) is 17.8. The fourth-order valence-corrected chi connectivity index (χ4v) is 3.71. The van der Waals surface area contributed by atoms with Crippen molar-refractivity contribution in [1.29, 1.82) is 5.26 Å². The first-order valence-corrected chi connectivity index (χ1v) is 8.75. The molecule has 0 radical (unpaired) electrons. The first-order valence-electron chi connectivity index (χ1n) is 8.75. The summed E-state index contributed by atoms with van der Waals surface area (Å²) in [6.45, 7) is 1.85. The molecule has 1 N–H and O–H groups in total. The normalized spacial score (nSPS) is 17.9. The van der Waals surface area contributed by atoms with Gasteiger partial charge in [-0.25, -0.2) is 0 Å². The molecule has 1 fully saturated rings. The number of hydrogen-bond acceptors (Lipinski definition) is 3. The SMILES string of the molecule is CNC(=O)c1ccc([C@@H]2CCCCN2Cc2cccc(C#N)c2)n1C. The number of nitriles is 1. The number of hydrogen-bond donors (Lipinski definition) is 1. The van der Waals surface area contributed by atoms with Crippen LogP contribution in [0.3, 0.4) is 0 Å². The first kappa shape index (κ1) is 17.2. The quantitative estimate of drug-likeness (QED) is 0.934. The number of nitrogens with one attached hydrogen (secondary N) is 1. The summed E-state index contributed by atoms with van der Waals surface area (Å²) < 4.78 is 2.01. The third-order valence-electron chi connectivity index (χ3n) is 5.02. The van der Waals surface area contributed by atoms with Crippen LogP contribution in [0.5, 0.6) is 0 Å². The summed E-state index contributed by atoms with van der Waals surface area (Å²) >= 11 is 0. The van der Waals surface area contributed by atoms with E-state index in [1.54, 1.807) is 7.05 Å². The summed E-state index contributed by atoms with van der Waals surface area (Å²) in [6.07, 6.45) is 3.46. The molecule has 0 aliphatic carbocycles. The van der Waals surface area contributed by atoms with Crippen molar-refractivity contribution in [2.45, 2.75) is 31.8 Å². The molecule has 3 rings (SSSR count). The third kappa shape index (κ3) is 3.59. The molecule has 25 heavy (non-hydrogen) atoms. The van der Waals surface area contributed by atoms with Crippen molar-refractivity contribution >= 4 is 5.91 Å². The molecule has 1 amide bonds. The Bertz CT molecular complexity index is 802. The van der Waals surface area contributed by atoms with Crippen LogP contribution in [-0.2, 0) is 13.6 Å². The lowest BCUT2D eigenvalue weighted by atomic mass is 9.98. The smallest absolute Gasteiger partial charge is 0.267 e. The Kier molecular flexibility index (Phi) is 5.20. The van der Waals surface area contributed by atoms with E-state index in [1.807, 2.05) is 35.9 Å². The van der Waals surface area contributed by atoms with Gasteiger partial charge in [-0.15, -0.1) is 0 Å². The molecular formula is C20H24N4O. The van der Waals surface area contributed by atoms with Crippen molar-refractivity contribution in [1.82, 2.24) is 14.8 Å². The van der Waals surface area contributed by atoms with Gasteiger partial charge >= 0.3 is 0 Å². The standard InChI is InChI=1S/C20H24N4O/c1-22-20(25)19-10-9-17(23(19)2)18-8-3-4-11-24(18)14-16-7-5-6-15(12-16)13-21/h5-7,9-10,12,18H,3-4,8,11,14H2,1-2H3,(H,22,25)/t18-/m0/s1. The molecule has 0 unspecified atom stereocenters. The molecule has 0 bridgehead atoms. The largest absolute Gasteiger partial charge is 0.354 e. The number of carbonyl (C=O) groups excluding carboxylic acids is 1. The van der Waals surface area contributed by atoms with Crippen molar-refractivity contribution in [3.8, 4) is 6.07 Å². The highest BCUT2D eigenvalue weighted by atomic mass is 16.1. The van der Waals surface area contributed by atoms with Crippen molar-refractivity contribution < 1.29 is 4.79 Å². The zero-order valence-corrected chi connectivity index (χ0v) is 14.8. The molecular weight excluding hydrogens is 312 g/mol. The van der Waals surface area contributed by atoms with Crippen LogP contribution in [0.25, 0.3) is 0 Å². The van der Waals surface area contributed by atoms with Gasteiger partial charge in [0.15, 0.2) is 0 Å². The maximum Gasteiger partial charge on any atom is 0.267 e. The van der Waals surface area contributed by atoms with E-state index in [9.17, 15) is 4.79 Å². The number of rotatable bonds is 4. The summed E-state index contributed by atoms with van der Waals surface area (Å²) in [4.78, 5) is 14.5. The van der Waals surface area contributed by atoms with E-state index in [4.69, 9.17) is 5.26 Å². The molecule has 1 aliphatic rings. The van der Waals surface area contributed by atoms with Crippen LogP contribution in [0, 0.1) is 11.3 Å². The van der Waals surface area contributed by atoms with Crippen LogP contribution in [0.2, 0.25) is 0 Å². The monoisotopic (exact) mass is 336 g/mol. The van der Waals surface area contributed by atoms with E-state index in [2.05, 4.69) is 28.4 Å². The minimum atomic E-state index is -0.0576. The van der Waals surface area contributed by atoms with Gasteiger partial charge in [-0.2, -0.15) is 5.26 Å². The molecule has 1 aliphatic heterocycles. The lowest BCUT2D eigenvalue weighted by molar-refractivity contribution is 0.0952. The molecule has 1 saturated heterocycles. The number of likely N-dealkylation sites (tertiary alicyclic amines) is 1. The Hall–Kier alpha value is -2.58. The number of aromatic nitrogens is 1. The molecule has 5 nitrogen and oxygen atoms in total. The van der Waals surface area contributed by atoms with E-state index in [1.165, 1.54) is 18.5 Å². The lowest BCUT2D eigenvalue weighted by Gasteiger charge is -2.36. The van der Waals surface area contributed by atoms with Crippen LogP contribution in [-0.4, -0.2) is 29.0 Å². The van der Waals surface area contributed by atoms with E-state index >= 15 is 0 Å². The minimum Gasteiger partial charge on any atom is -0.354 e. The maximum absolute atomic E-state index is 12.0. The molecule has 0 spiro atoms. The molecule has 1 atom stereocenters. The van der Waals surface area contributed by atoms with Gasteiger partial charge in [-0.3, -0.25) is 9.69 Å². The Morgan fingerprint density at radius 2 is 2.16 bits per heavy atom. The average Bonchev–Trinajstić information content (AvgIpc) is 3.03. The molecule has 1 aromatic carbocycles. The second kappa shape index (κ2) is 7.54. The van der Waals surface area contributed by atoms with Gasteiger partial charge in [0.1, 0.15) is 5.69 Å². The predicted octanol–water partition coefficient (Wildman–Crippen LogP) is 2.98. The molecule has 130 valence electrons. The Morgan fingerprint density at radius 1 is 1.32 bits per heavy atom. The van der Waals surface area contributed by atoms with Crippen LogP contribution in [0.4, 0.5) is 0 Å². The number of piperidine rings is 1. The minimum absolute atomic E-state index is 0.0576. The average molecular weight is 336 g/mol. The highest BCUT2D eigenvalue weighted by Crippen LogP contribution is 2.33. The molecule has 1 aromatic heterocycles. The highest BCUT2D eigenvalue weighted by Gasteiger charge is 2.27. The van der Waals surface area contributed by atoms with Crippen molar-refractivity contribution in [3.63, 3.8) is 0 Å². The first-order chi connectivity index (χ1) is 12.1. The van der Waals surface area contributed by atoms with Gasteiger partial charge in [0.05, 0.1) is 17.7 Å². The van der Waals surface area contributed by atoms with Crippen LogP contribution >= 0.6 is 0 Å². The van der Waals surface area contributed by atoms with E-state index in [-0.39, 0.29) is 5.91 Å². The van der Waals surface area contributed by atoms with Gasteiger partial charge in [0.25, 0.3) is 5.91 Å². The lowest BCUT2D eigenvalue weighted by Crippen LogP contribution is -2.34.